The first kappa shape index (κ1) is 16.4. The van der Waals surface area contributed by atoms with E-state index >= 15 is 0 Å². The fourth-order valence-corrected chi connectivity index (χ4v) is 2.89. The summed E-state index contributed by atoms with van der Waals surface area (Å²) in [7, 11) is -4.02. The van der Waals surface area contributed by atoms with Gasteiger partial charge in [-0.1, -0.05) is 11.6 Å². The summed E-state index contributed by atoms with van der Waals surface area (Å²) in [5.74, 6) is -2.08. The molecule has 1 aromatic rings. The molecule has 0 radical (unpaired) electrons. The first-order valence-electron chi connectivity index (χ1n) is 5.37. The van der Waals surface area contributed by atoms with Crippen LogP contribution in [0.15, 0.2) is 18.2 Å². The number of hydrogen-bond donors (Lipinski definition) is 1. The van der Waals surface area contributed by atoms with Crippen LogP contribution >= 0.6 is 11.6 Å². The van der Waals surface area contributed by atoms with E-state index in [0.29, 0.717) is 0 Å². The smallest absolute Gasteiger partial charge is 0.324 e. The Morgan fingerprint density at radius 1 is 1.45 bits per heavy atom. The summed E-state index contributed by atoms with van der Waals surface area (Å²) in [6.07, 6.45) is 0. The van der Waals surface area contributed by atoms with Gasteiger partial charge in [-0.15, -0.1) is 0 Å². The lowest BCUT2D eigenvalue weighted by atomic mass is 10.2. The van der Waals surface area contributed by atoms with Crippen LogP contribution in [-0.4, -0.2) is 29.2 Å². The summed E-state index contributed by atoms with van der Waals surface area (Å²) in [4.78, 5) is 20.9. The average molecular weight is 322 g/mol. The van der Waals surface area contributed by atoms with E-state index in [1.165, 1.54) is 6.07 Å². The molecule has 110 valence electrons. The van der Waals surface area contributed by atoms with Crippen molar-refractivity contribution in [3.05, 3.63) is 38.9 Å². The van der Waals surface area contributed by atoms with E-state index < -0.39 is 31.2 Å². The predicted octanol–water partition coefficient (Wildman–Crippen LogP) is 2.03. The monoisotopic (exact) mass is 321 g/mol. The molecule has 0 amide bonds. The Morgan fingerprint density at radius 2 is 2.00 bits per heavy atom. The molecule has 1 rings (SSSR count). The van der Waals surface area contributed by atoms with Crippen LogP contribution in [0, 0.1) is 10.1 Å². The van der Waals surface area contributed by atoms with Crippen LogP contribution in [0.2, 0.25) is 5.02 Å². The molecule has 0 atom stereocenters. The normalized spacial score (nSPS) is 12.2. The number of halogens is 1. The zero-order valence-corrected chi connectivity index (χ0v) is 12.2. The van der Waals surface area contributed by atoms with Gasteiger partial charge in [-0.3, -0.25) is 14.9 Å². The lowest BCUT2D eigenvalue weighted by molar-refractivity contribution is -0.384. The van der Waals surface area contributed by atoms with Crippen molar-refractivity contribution in [3.63, 3.8) is 0 Å². The van der Waals surface area contributed by atoms with Crippen LogP contribution in [0.1, 0.15) is 19.4 Å². The minimum absolute atomic E-state index is 0.0936. The molecular formula is C11H12ClNO6S. The summed E-state index contributed by atoms with van der Waals surface area (Å²) in [6, 6.07) is 3.35. The number of nitrogens with zero attached hydrogens (tertiary/aromatic N) is 1. The molecule has 1 aromatic carbocycles. The number of rotatable bonds is 5. The van der Waals surface area contributed by atoms with Gasteiger partial charge in [0.25, 0.3) is 5.69 Å². The highest BCUT2D eigenvalue weighted by Gasteiger charge is 2.42. The Kier molecular flexibility index (Phi) is 4.40. The molecule has 0 bridgehead atoms. The third kappa shape index (κ3) is 3.07. The van der Waals surface area contributed by atoms with Gasteiger partial charge in [0.15, 0.2) is 14.6 Å². The van der Waals surface area contributed by atoms with Crippen molar-refractivity contribution in [1.82, 2.24) is 0 Å². The molecule has 0 saturated carbocycles. The maximum atomic E-state index is 12.1. The fourth-order valence-electron chi connectivity index (χ4n) is 1.29. The molecule has 0 saturated heterocycles. The van der Waals surface area contributed by atoms with Crippen LogP contribution in [0.3, 0.4) is 0 Å². The highest BCUT2D eigenvalue weighted by molar-refractivity contribution is 7.92. The first-order chi connectivity index (χ1) is 8.99. The van der Waals surface area contributed by atoms with Gasteiger partial charge in [-0.05, 0) is 25.5 Å². The summed E-state index contributed by atoms with van der Waals surface area (Å²) in [5.41, 5.74) is -0.153. The molecule has 0 aliphatic heterocycles. The van der Waals surface area contributed by atoms with E-state index in [1.807, 2.05) is 0 Å². The maximum Gasteiger partial charge on any atom is 0.324 e. The molecule has 0 aliphatic carbocycles. The molecule has 0 heterocycles. The van der Waals surface area contributed by atoms with Crippen molar-refractivity contribution in [3.8, 4) is 0 Å². The molecule has 1 N–H and O–H groups in total. The van der Waals surface area contributed by atoms with Gasteiger partial charge in [-0.25, -0.2) is 8.42 Å². The summed E-state index contributed by atoms with van der Waals surface area (Å²) in [5, 5.41) is 19.4. The largest absolute Gasteiger partial charge is 0.480 e. The third-order valence-corrected chi connectivity index (χ3v) is 5.66. The second-order valence-electron chi connectivity index (χ2n) is 4.61. The fraction of sp³-hybridized carbons (Fsp3) is 0.364. The van der Waals surface area contributed by atoms with E-state index in [1.54, 1.807) is 0 Å². The molecule has 0 aliphatic rings. The Hall–Kier alpha value is -1.67. The number of aliphatic carboxylic acids is 1. The number of benzene rings is 1. The Labute approximate surface area is 120 Å². The van der Waals surface area contributed by atoms with Crippen LogP contribution in [-0.2, 0) is 20.4 Å². The van der Waals surface area contributed by atoms with Crippen molar-refractivity contribution in [1.29, 1.82) is 0 Å². The van der Waals surface area contributed by atoms with Crippen LogP contribution in [0.5, 0.6) is 0 Å². The molecule has 9 heteroatoms. The highest BCUT2D eigenvalue weighted by atomic mass is 35.5. The lowest BCUT2D eigenvalue weighted by Gasteiger charge is -2.20. The predicted molar refractivity (Wildman–Crippen MR) is 72.4 cm³/mol. The lowest BCUT2D eigenvalue weighted by Crippen LogP contribution is -2.41. The Bertz CT molecular complexity index is 667. The van der Waals surface area contributed by atoms with Crippen LogP contribution in [0.25, 0.3) is 0 Å². The molecule has 7 nitrogen and oxygen atoms in total. The van der Waals surface area contributed by atoms with Gasteiger partial charge in [-0.2, -0.15) is 0 Å². The second kappa shape index (κ2) is 5.37. The topological polar surface area (TPSA) is 115 Å². The summed E-state index contributed by atoms with van der Waals surface area (Å²) in [6.45, 7) is 2.15. The summed E-state index contributed by atoms with van der Waals surface area (Å²) < 4.78 is 22.1. The van der Waals surface area contributed by atoms with Crippen molar-refractivity contribution < 1.29 is 23.2 Å². The van der Waals surface area contributed by atoms with E-state index in [-0.39, 0.29) is 16.3 Å². The SMILES string of the molecule is CC(C)(C(=O)O)S(=O)(=O)Cc1ccc([N+](=O)[O-])cc1Cl. The van der Waals surface area contributed by atoms with Crippen LogP contribution < -0.4 is 0 Å². The number of carboxylic acid groups (broad SMARTS) is 1. The van der Waals surface area contributed by atoms with Gasteiger partial charge in [0.05, 0.1) is 15.7 Å². The van der Waals surface area contributed by atoms with E-state index in [9.17, 15) is 23.3 Å². The van der Waals surface area contributed by atoms with Gasteiger partial charge >= 0.3 is 5.97 Å². The van der Waals surface area contributed by atoms with E-state index in [2.05, 4.69) is 0 Å². The quantitative estimate of drug-likeness (QED) is 0.655. The molecule has 0 fully saturated rings. The van der Waals surface area contributed by atoms with Gasteiger partial charge < -0.3 is 5.11 Å². The Morgan fingerprint density at radius 3 is 2.40 bits per heavy atom. The number of hydrogen-bond acceptors (Lipinski definition) is 5. The number of carbonyl (C=O) groups is 1. The molecule has 0 aromatic heterocycles. The first-order valence-corrected chi connectivity index (χ1v) is 7.40. The maximum absolute atomic E-state index is 12.1. The minimum Gasteiger partial charge on any atom is -0.480 e. The average Bonchev–Trinajstić information content (AvgIpc) is 2.30. The summed E-state index contributed by atoms with van der Waals surface area (Å²) >= 11 is 5.79. The van der Waals surface area contributed by atoms with Gasteiger partial charge in [0.2, 0.25) is 0 Å². The zero-order valence-electron chi connectivity index (χ0n) is 10.7. The Balaban J connectivity index is 3.18. The standard InChI is InChI=1S/C11H12ClNO6S/c1-11(2,10(14)15)20(18,19)6-7-3-4-8(13(16)17)5-9(7)12/h3-5H,6H2,1-2H3,(H,14,15). The second-order valence-corrected chi connectivity index (χ2v) is 7.55. The highest BCUT2D eigenvalue weighted by Crippen LogP contribution is 2.28. The number of non-ortho nitro benzene ring substituents is 1. The van der Waals surface area contributed by atoms with Gasteiger partial charge in [0.1, 0.15) is 0 Å². The van der Waals surface area contributed by atoms with Crippen molar-refractivity contribution in [2.24, 2.45) is 0 Å². The minimum atomic E-state index is -4.02. The van der Waals surface area contributed by atoms with Crippen molar-refractivity contribution in [2.45, 2.75) is 24.3 Å². The molecule has 0 spiro atoms. The molecular weight excluding hydrogens is 310 g/mol. The van der Waals surface area contributed by atoms with Crippen molar-refractivity contribution >= 4 is 33.1 Å². The van der Waals surface area contributed by atoms with Gasteiger partial charge in [0, 0.05) is 12.1 Å². The van der Waals surface area contributed by atoms with E-state index in [0.717, 1.165) is 26.0 Å². The molecule has 20 heavy (non-hydrogen) atoms. The third-order valence-electron chi connectivity index (χ3n) is 2.89. The number of nitro groups is 1. The number of carboxylic acids is 1. The van der Waals surface area contributed by atoms with E-state index in [4.69, 9.17) is 16.7 Å². The number of nitro benzene ring substituents is 1. The van der Waals surface area contributed by atoms with Crippen LogP contribution in [0.4, 0.5) is 5.69 Å². The zero-order chi connectivity index (χ0) is 15.7. The number of sulfone groups is 1. The molecule has 0 unspecified atom stereocenters. The van der Waals surface area contributed by atoms with Crippen molar-refractivity contribution in [2.75, 3.05) is 0 Å².